The van der Waals surface area contributed by atoms with Crippen LogP contribution in [-0.4, -0.2) is 121 Å². The lowest BCUT2D eigenvalue weighted by Gasteiger charge is -2.37. The van der Waals surface area contributed by atoms with Gasteiger partial charge in [-0.2, -0.15) is 0 Å². The molecule has 4 fully saturated rings. The van der Waals surface area contributed by atoms with Gasteiger partial charge in [-0.05, 0) is 39.0 Å². The molecule has 4 aliphatic heterocycles. The fourth-order valence-electron chi connectivity index (χ4n) is 6.46. The van der Waals surface area contributed by atoms with Gasteiger partial charge in [0.15, 0.2) is 0 Å². The number of aliphatic hydroxyl groups excluding tert-OH is 1. The average molecular weight is 508 g/mol. The molecule has 0 radical (unpaired) electrons. The number of carbonyl (C=O) groups excluding carboxylic acids is 3. The molecule has 5 atom stereocenters. The molecule has 4 heterocycles. The SMILES string of the molecule is C=CCN(CCN1CCOCC1)C(=O)C1N(CCCCCO)C(=O)[C@@H]2[C@H](C(=O)OCC)[C@@H]3CCC12O3. The molecule has 1 spiro atoms. The number of carbonyl (C=O) groups is 3. The molecule has 0 aliphatic carbocycles. The van der Waals surface area contributed by atoms with Crippen LogP contribution >= 0.6 is 0 Å². The van der Waals surface area contributed by atoms with Gasteiger partial charge in [0.1, 0.15) is 11.6 Å². The Kier molecular flexibility index (Phi) is 9.03. The fraction of sp³-hybridized carbons (Fsp3) is 0.808. The van der Waals surface area contributed by atoms with Crippen LogP contribution in [0.5, 0.6) is 0 Å². The van der Waals surface area contributed by atoms with Crippen molar-refractivity contribution in [2.75, 3.05) is 65.7 Å². The summed E-state index contributed by atoms with van der Waals surface area (Å²) in [5.74, 6) is -2.13. The topological polar surface area (TPSA) is 109 Å². The molecule has 0 aromatic rings. The second-order valence-electron chi connectivity index (χ2n) is 10.2. The van der Waals surface area contributed by atoms with Crippen LogP contribution < -0.4 is 0 Å². The van der Waals surface area contributed by atoms with Crippen molar-refractivity contribution < 1.29 is 33.7 Å². The van der Waals surface area contributed by atoms with Crippen molar-refractivity contribution in [2.45, 2.75) is 56.8 Å². The zero-order chi connectivity index (χ0) is 25.7. The predicted octanol–water partition coefficient (Wildman–Crippen LogP) is 0.434. The molecule has 10 heteroatoms. The number of fused-ring (bicyclic) bond motifs is 1. The molecule has 2 bridgehead atoms. The van der Waals surface area contributed by atoms with E-state index in [1.54, 1.807) is 22.8 Å². The van der Waals surface area contributed by atoms with Crippen molar-refractivity contribution in [3.05, 3.63) is 12.7 Å². The summed E-state index contributed by atoms with van der Waals surface area (Å²) in [5.41, 5.74) is -1.01. The zero-order valence-corrected chi connectivity index (χ0v) is 21.4. The van der Waals surface area contributed by atoms with Gasteiger partial charge in [-0.25, -0.2) is 0 Å². The summed E-state index contributed by atoms with van der Waals surface area (Å²) in [7, 11) is 0. The maximum absolute atomic E-state index is 14.2. The first-order valence-electron chi connectivity index (χ1n) is 13.4. The Labute approximate surface area is 213 Å². The normalized spacial score (nSPS) is 31.5. The molecule has 10 nitrogen and oxygen atoms in total. The van der Waals surface area contributed by atoms with Gasteiger partial charge in [0.25, 0.3) is 0 Å². The quantitative estimate of drug-likeness (QED) is 0.217. The molecule has 2 amide bonds. The van der Waals surface area contributed by atoms with E-state index in [9.17, 15) is 19.5 Å². The molecule has 0 saturated carbocycles. The van der Waals surface area contributed by atoms with Crippen LogP contribution in [0.4, 0.5) is 0 Å². The highest BCUT2D eigenvalue weighted by Crippen LogP contribution is 2.58. The number of nitrogens with zero attached hydrogens (tertiary/aromatic N) is 3. The Morgan fingerprint density at radius 1 is 1.25 bits per heavy atom. The van der Waals surface area contributed by atoms with E-state index in [1.165, 1.54) is 0 Å². The Morgan fingerprint density at radius 3 is 2.72 bits per heavy atom. The highest BCUT2D eigenvalue weighted by Gasteiger charge is 2.74. The molecule has 0 aromatic carbocycles. The van der Waals surface area contributed by atoms with Crippen molar-refractivity contribution in [1.29, 1.82) is 0 Å². The van der Waals surface area contributed by atoms with Crippen molar-refractivity contribution in [1.82, 2.24) is 14.7 Å². The van der Waals surface area contributed by atoms with Crippen molar-refractivity contribution in [2.24, 2.45) is 11.8 Å². The standard InChI is InChI=1S/C26H41N3O7/c1-3-10-28(13-12-27-14-17-34-18-15-27)24(32)22-26-9-8-19(36-26)20(25(33)35-4-2)21(26)23(31)29(22)11-6-5-7-16-30/h3,19-22,30H,1,4-18H2,2H3/t19-,20+,21-,22?,26?/m0/s1. The second kappa shape index (κ2) is 12.0. The lowest BCUT2D eigenvalue weighted by Crippen LogP contribution is -2.57. The predicted molar refractivity (Wildman–Crippen MR) is 131 cm³/mol. The van der Waals surface area contributed by atoms with Crippen molar-refractivity contribution in [3.63, 3.8) is 0 Å². The number of rotatable bonds is 13. The van der Waals surface area contributed by atoms with Crippen LogP contribution in [-0.2, 0) is 28.6 Å². The van der Waals surface area contributed by atoms with Crippen LogP contribution in [0.25, 0.3) is 0 Å². The molecular weight excluding hydrogens is 466 g/mol. The van der Waals surface area contributed by atoms with Crippen molar-refractivity contribution >= 4 is 17.8 Å². The first kappa shape index (κ1) is 27.0. The second-order valence-corrected chi connectivity index (χ2v) is 10.2. The van der Waals surface area contributed by atoms with E-state index < -0.39 is 35.6 Å². The zero-order valence-electron chi connectivity index (χ0n) is 21.4. The van der Waals surface area contributed by atoms with Gasteiger partial charge < -0.3 is 29.1 Å². The van der Waals surface area contributed by atoms with Crippen molar-refractivity contribution in [3.8, 4) is 0 Å². The van der Waals surface area contributed by atoms with Gasteiger partial charge in [0.05, 0.1) is 37.8 Å². The highest BCUT2D eigenvalue weighted by atomic mass is 16.6. The molecule has 36 heavy (non-hydrogen) atoms. The summed E-state index contributed by atoms with van der Waals surface area (Å²) >= 11 is 0. The molecule has 4 aliphatic rings. The monoisotopic (exact) mass is 507 g/mol. The number of aliphatic hydroxyl groups is 1. The average Bonchev–Trinajstić information content (AvgIpc) is 3.52. The van der Waals surface area contributed by atoms with Gasteiger partial charge >= 0.3 is 5.97 Å². The van der Waals surface area contributed by atoms with Gasteiger partial charge in [-0.1, -0.05) is 6.08 Å². The maximum Gasteiger partial charge on any atom is 0.312 e. The molecular formula is C26H41N3O7. The van der Waals surface area contributed by atoms with Crippen LogP contribution in [0.1, 0.15) is 39.0 Å². The van der Waals surface area contributed by atoms with E-state index in [0.29, 0.717) is 65.1 Å². The van der Waals surface area contributed by atoms with E-state index in [4.69, 9.17) is 14.2 Å². The Morgan fingerprint density at radius 2 is 2.03 bits per heavy atom. The third-order valence-electron chi connectivity index (χ3n) is 8.10. The largest absolute Gasteiger partial charge is 0.466 e. The molecule has 2 unspecified atom stereocenters. The van der Waals surface area contributed by atoms with Crippen LogP contribution in [0.3, 0.4) is 0 Å². The number of hydrogen-bond donors (Lipinski definition) is 1. The molecule has 4 saturated heterocycles. The lowest BCUT2D eigenvalue weighted by atomic mass is 9.70. The first-order chi connectivity index (χ1) is 17.5. The lowest BCUT2D eigenvalue weighted by molar-refractivity contribution is -0.155. The summed E-state index contributed by atoms with van der Waals surface area (Å²) in [4.78, 5) is 46.6. The number of unbranched alkanes of at least 4 members (excludes halogenated alkanes) is 2. The van der Waals surface area contributed by atoms with Crippen LogP contribution in [0, 0.1) is 11.8 Å². The summed E-state index contributed by atoms with van der Waals surface area (Å²) in [6.45, 7) is 10.9. The van der Waals surface area contributed by atoms with E-state index in [1.807, 2.05) is 0 Å². The third kappa shape index (κ3) is 5.05. The number of hydrogen-bond acceptors (Lipinski definition) is 8. The highest BCUT2D eigenvalue weighted by molar-refractivity contribution is 5.98. The Hall–Kier alpha value is -2.01. The minimum Gasteiger partial charge on any atom is -0.466 e. The molecule has 202 valence electrons. The third-order valence-corrected chi connectivity index (χ3v) is 8.10. The number of morpholine rings is 1. The maximum atomic E-state index is 14.2. The summed E-state index contributed by atoms with van der Waals surface area (Å²) < 4.78 is 17.2. The number of amides is 2. The minimum absolute atomic E-state index is 0.0905. The fourth-order valence-corrected chi connectivity index (χ4v) is 6.46. The Bertz CT molecular complexity index is 817. The van der Waals surface area contributed by atoms with E-state index in [-0.39, 0.29) is 25.0 Å². The number of esters is 1. The van der Waals surface area contributed by atoms with Crippen LogP contribution in [0.2, 0.25) is 0 Å². The molecule has 4 rings (SSSR count). The van der Waals surface area contributed by atoms with E-state index in [0.717, 1.165) is 19.5 Å². The van der Waals surface area contributed by atoms with Gasteiger partial charge in [-0.15, -0.1) is 6.58 Å². The first-order valence-corrected chi connectivity index (χ1v) is 13.4. The Balaban J connectivity index is 1.59. The smallest absolute Gasteiger partial charge is 0.312 e. The van der Waals surface area contributed by atoms with Gasteiger partial charge in [0, 0.05) is 45.9 Å². The molecule has 1 N–H and O–H groups in total. The summed E-state index contributed by atoms with van der Waals surface area (Å²) in [5, 5.41) is 9.18. The number of ether oxygens (including phenoxy) is 3. The summed E-state index contributed by atoms with van der Waals surface area (Å²) in [6, 6.07) is -0.779. The number of likely N-dealkylation sites (tertiary alicyclic amines) is 1. The summed E-state index contributed by atoms with van der Waals surface area (Å²) in [6.07, 6.45) is 4.57. The van der Waals surface area contributed by atoms with E-state index in [2.05, 4.69) is 11.5 Å². The van der Waals surface area contributed by atoms with Gasteiger partial charge in [-0.3, -0.25) is 19.3 Å². The van der Waals surface area contributed by atoms with Gasteiger partial charge in [0.2, 0.25) is 11.8 Å². The van der Waals surface area contributed by atoms with E-state index >= 15 is 0 Å². The minimum atomic E-state index is -1.01. The molecule has 0 aromatic heterocycles. The van der Waals surface area contributed by atoms with Crippen LogP contribution in [0.15, 0.2) is 12.7 Å².